The lowest BCUT2D eigenvalue weighted by molar-refractivity contribution is -0.385. The van der Waals surface area contributed by atoms with Crippen molar-refractivity contribution in [2.75, 3.05) is 12.5 Å². The minimum atomic E-state index is -0.566. The van der Waals surface area contributed by atoms with E-state index < -0.39 is 10.8 Å². The van der Waals surface area contributed by atoms with Crippen molar-refractivity contribution in [1.82, 2.24) is 10.4 Å². The molecule has 24 heavy (non-hydrogen) atoms. The molecule has 1 aromatic heterocycles. The van der Waals surface area contributed by atoms with Gasteiger partial charge in [-0.25, -0.2) is 10.4 Å². The number of aromatic nitrogens is 1. The van der Waals surface area contributed by atoms with Gasteiger partial charge in [0.1, 0.15) is 0 Å². The fraction of sp³-hybridized carbons (Fsp3) is 0.154. The fourth-order valence-electron chi connectivity index (χ4n) is 1.99. The summed E-state index contributed by atoms with van der Waals surface area (Å²) in [4.78, 5) is 26.2. The van der Waals surface area contributed by atoms with E-state index >= 15 is 0 Å². The molecule has 0 saturated heterocycles. The molecule has 0 spiro atoms. The quantitative estimate of drug-likeness (QED) is 0.467. The van der Waals surface area contributed by atoms with E-state index in [0.717, 1.165) is 0 Å². The van der Waals surface area contributed by atoms with Crippen LogP contribution in [0.1, 0.15) is 11.3 Å². The molecule has 0 bridgehead atoms. The number of amides is 1. The molecular weight excluding hydrogens is 338 g/mol. The first-order valence-electron chi connectivity index (χ1n) is 6.63. The molecule has 0 fully saturated rings. The Labute approximate surface area is 139 Å². The average Bonchev–Trinajstić information content (AvgIpc) is 3.14. The summed E-state index contributed by atoms with van der Waals surface area (Å²) in [5, 5.41) is 16.9. The number of nitro groups is 1. The maximum Gasteiger partial charge on any atom is 0.282 e. The highest BCUT2D eigenvalue weighted by molar-refractivity contribution is 7.13. The molecule has 11 heteroatoms. The number of nitrogen functional groups attached to an aromatic ring is 1. The molecule has 0 saturated carbocycles. The Hall–Kier alpha value is -3.21. The number of rotatable bonds is 5. The molecule has 0 radical (unpaired) electrons. The van der Waals surface area contributed by atoms with Crippen LogP contribution in [0.2, 0.25) is 0 Å². The zero-order valence-electron chi connectivity index (χ0n) is 12.1. The molecule has 1 aromatic carbocycles. The number of hydrogen-bond donors (Lipinski definition) is 2. The van der Waals surface area contributed by atoms with Gasteiger partial charge in [0.15, 0.2) is 16.6 Å². The molecule has 1 aliphatic rings. The fourth-order valence-corrected chi connectivity index (χ4v) is 2.55. The first-order chi connectivity index (χ1) is 11.5. The predicted molar refractivity (Wildman–Crippen MR) is 85.2 cm³/mol. The number of nitro benzene ring substituents is 1. The summed E-state index contributed by atoms with van der Waals surface area (Å²) < 4.78 is 10.3. The maximum absolute atomic E-state index is 11.7. The van der Waals surface area contributed by atoms with Crippen LogP contribution in [-0.2, 0) is 11.2 Å². The first kappa shape index (κ1) is 15.7. The monoisotopic (exact) mass is 349 g/mol. The summed E-state index contributed by atoms with van der Waals surface area (Å²) in [6.45, 7) is 0.000587. The van der Waals surface area contributed by atoms with Gasteiger partial charge in [-0.3, -0.25) is 14.9 Å². The Morgan fingerprint density at radius 2 is 2.25 bits per heavy atom. The summed E-state index contributed by atoms with van der Waals surface area (Å²) in [5.41, 5.74) is 8.27. The highest BCUT2D eigenvalue weighted by atomic mass is 32.1. The highest BCUT2D eigenvalue weighted by Gasteiger charge is 2.22. The third kappa shape index (κ3) is 3.41. The summed E-state index contributed by atoms with van der Waals surface area (Å²) in [6, 6.07) is 2.68. The number of nitrogens with two attached hydrogens (primary N) is 1. The topological polar surface area (TPSA) is 142 Å². The number of benzene rings is 1. The summed E-state index contributed by atoms with van der Waals surface area (Å²) >= 11 is 1.23. The number of carbonyl (C=O) groups excluding carboxylic acids is 1. The molecule has 0 unspecified atom stereocenters. The Kier molecular flexibility index (Phi) is 4.24. The van der Waals surface area contributed by atoms with Gasteiger partial charge in [0.05, 0.1) is 34.9 Å². The summed E-state index contributed by atoms with van der Waals surface area (Å²) in [6.07, 6.45) is 1.18. The van der Waals surface area contributed by atoms with E-state index in [1.807, 2.05) is 0 Å². The van der Waals surface area contributed by atoms with Crippen molar-refractivity contribution in [1.29, 1.82) is 0 Å². The van der Waals surface area contributed by atoms with Gasteiger partial charge in [0.25, 0.3) is 5.69 Å². The Balaban J connectivity index is 1.70. The minimum Gasteiger partial charge on any atom is -0.454 e. The smallest absolute Gasteiger partial charge is 0.282 e. The second-order valence-electron chi connectivity index (χ2n) is 4.67. The van der Waals surface area contributed by atoms with Crippen LogP contribution in [0.15, 0.2) is 22.6 Å². The summed E-state index contributed by atoms with van der Waals surface area (Å²) in [7, 11) is 0. The lowest BCUT2D eigenvalue weighted by Gasteiger charge is -2.01. The SMILES string of the molecule is Nc1nc(CC(=O)NN=Cc2cc3c(cc2[N+](=O)[O-])OCO3)cs1. The normalized spacial score (nSPS) is 12.5. The van der Waals surface area contributed by atoms with Gasteiger partial charge in [-0.05, 0) is 6.07 Å². The number of hydrogen-bond acceptors (Lipinski definition) is 9. The number of thiazole rings is 1. The van der Waals surface area contributed by atoms with Crippen LogP contribution >= 0.6 is 11.3 Å². The van der Waals surface area contributed by atoms with Crippen LogP contribution in [-0.4, -0.2) is 28.8 Å². The highest BCUT2D eigenvalue weighted by Crippen LogP contribution is 2.37. The van der Waals surface area contributed by atoms with Crippen molar-refractivity contribution in [2.24, 2.45) is 5.10 Å². The van der Waals surface area contributed by atoms with E-state index in [9.17, 15) is 14.9 Å². The number of hydrazone groups is 1. The molecule has 124 valence electrons. The van der Waals surface area contributed by atoms with Crippen LogP contribution in [0, 0.1) is 10.1 Å². The van der Waals surface area contributed by atoms with Gasteiger partial charge in [0.2, 0.25) is 12.7 Å². The van der Waals surface area contributed by atoms with Gasteiger partial charge in [-0.1, -0.05) is 0 Å². The van der Waals surface area contributed by atoms with Crippen molar-refractivity contribution in [3.05, 3.63) is 38.9 Å². The molecular formula is C13H11N5O5S. The minimum absolute atomic E-state index is 0.000587. The van der Waals surface area contributed by atoms with E-state index in [1.165, 1.54) is 29.7 Å². The maximum atomic E-state index is 11.7. The van der Waals surface area contributed by atoms with Gasteiger partial charge in [-0.2, -0.15) is 5.10 Å². The molecule has 10 nitrogen and oxygen atoms in total. The lowest BCUT2D eigenvalue weighted by atomic mass is 10.1. The molecule has 0 atom stereocenters. The second-order valence-corrected chi connectivity index (χ2v) is 5.56. The van der Waals surface area contributed by atoms with Crippen molar-refractivity contribution < 1.29 is 19.2 Å². The van der Waals surface area contributed by atoms with Gasteiger partial charge < -0.3 is 15.2 Å². The number of anilines is 1. The molecule has 0 aliphatic carbocycles. The van der Waals surface area contributed by atoms with E-state index in [-0.39, 0.29) is 24.5 Å². The number of carbonyl (C=O) groups is 1. The van der Waals surface area contributed by atoms with Crippen LogP contribution < -0.4 is 20.6 Å². The van der Waals surface area contributed by atoms with Gasteiger partial charge in [-0.15, -0.1) is 11.3 Å². The summed E-state index contributed by atoms with van der Waals surface area (Å²) in [5.74, 6) is 0.260. The second kappa shape index (κ2) is 6.50. The molecule has 3 N–H and O–H groups in total. The molecule has 2 aromatic rings. The Morgan fingerprint density at radius 3 is 2.92 bits per heavy atom. The number of fused-ring (bicyclic) bond motifs is 1. The molecule has 2 heterocycles. The van der Waals surface area contributed by atoms with Crippen molar-refractivity contribution >= 4 is 34.3 Å². The van der Waals surface area contributed by atoms with Crippen LogP contribution in [0.3, 0.4) is 0 Å². The number of nitrogens with one attached hydrogen (secondary N) is 1. The predicted octanol–water partition coefficient (Wildman–Crippen LogP) is 1.05. The molecule has 3 rings (SSSR count). The third-order valence-corrected chi connectivity index (χ3v) is 3.75. The lowest BCUT2D eigenvalue weighted by Crippen LogP contribution is -2.20. The van der Waals surface area contributed by atoms with E-state index in [1.54, 1.807) is 5.38 Å². The van der Waals surface area contributed by atoms with E-state index in [4.69, 9.17) is 15.2 Å². The first-order valence-corrected chi connectivity index (χ1v) is 7.50. The number of nitrogens with zero attached hydrogens (tertiary/aromatic N) is 3. The van der Waals surface area contributed by atoms with Crippen LogP contribution in [0.5, 0.6) is 11.5 Å². The van der Waals surface area contributed by atoms with E-state index in [0.29, 0.717) is 22.3 Å². The van der Waals surface area contributed by atoms with Crippen molar-refractivity contribution in [2.45, 2.75) is 6.42 Å². The van der Waals surface area contributed by atoms with Crippen molar-refractivity contribution in [3.63, 3.8) is 0 Å². The Bertz CT molecular complexity index is 834. The Morgan fingerprint density at radius 1 is 1.50 bits per heavy atom. The van der Waals surface area contributed by atoms with Crippen LogP contribution in [0.25, 0.3) is 0 Å². The number of ether oxygens (including phenoxy) is 2. The third-order valence-electron chi connectivity index (χ3n) is 3.02. The standard InChI is InChI=1S/C13H11N5O5S/c14-13-16-8(5-24-13)2-12(19)17-15-4-7-1-10-11(23-6-22-10)3-9(7)18(20)21/h1,3-5H,2,6H2,(H2,14,16)(H,17,19). The van der Waals surface area contributed by atoms with E-state index in [2.05, 4.69) is 15.5 Å². The molecule has 1 amide bonds. The van der Waals surface area contributed by atoms with Gasteiger partial charge in [0, 0.05) is 5.38 Å². The van der Waals surface area contributed by atoms with Crippen molar-refractivity contribution in [3.8, 4) is 11.5 Å². The molecule has 1 aliphatic heterocycles. The van der Waals surface area contributed by atoms with Gasteiger partial charge >= 0.3 is 0 Å². The average molecular weight is 349 g/mol. The zero-order valence-corrected chi connectivity index (χ0v) is 12.9. The zero-order chi connectivity index (χ0) is 17.1. The van der Waals surface area contributed by atoms with Crippen LogP contribution in [0.4, 0.5) is 10.8 Å². The largest absolute Gasteiger partial charge is 0.454 e.